The highest BCUT2D eigenvalue weighted by Crippen LogP contribution is 2.19. The lowest BCUT2D eigenvalue weighted by atomic mass is 10.3. The summed E-state index contributed by atoms with van der Waals surface area (Å²) in [6.45, 7) is 0. The van der Waals surface area contributed by atoms with Crippen molar-refractivity contribution in [2.45, 2.75) is 0 Å². The molecule has 17 heavy (non-hydrogen) atoms. The van der Waals surface area contributed by atoms with Gasteiger partial charge in [-0.1, -0.05) is 0 Å². The zero-order valence-corrected chi connectivity index (χ0v) is 8.49. The van der Waals surface area contributed by atoms with Gasteiger partial charge in [0.25, 0.3) is 11.9 Å². The van der Waals surface area contributed by atoms with E-state index < -0.39 is 0 Å². The molecule has 0 spiro atoms. The third kappa shape index (κ3) is 2.39. The molecule has 0 N–H and O–H groups in total. The van der Waals surface area contributed by atoms with Crippen LogP contribution in [0.2, 0.25) is 0 Å². The van der Waals surface area contributed by atoms with Crippen LogP contribution in [0.5, 0.6) is 11.9 Å². The minimum absolute atomic E-state index is 0.000732. The SMILES string of the molecule is O=Cc1ccoc1O[B]Oc1occc1C=O. The summed E-state index contributed by atoms with van der Waals surface area (Å²) in [7, 11) is 0.900. The van der Waals surface area contributed by atoms with Gasteiger partial charge in [0.2, 0.25) is 0 Å². The van der Waals surface area contributed by atoms with Crippen molar-refractivity contribution < 1.29 is 27.7 Å². The van der Waals surface area contributed by atoms with Gasteiger partial charge >= 0.3 is 7.69 Å². The molecule has 2 rings (SSSR count). The van der Waals surface area contributed by atoms with E-state index in [4.69, 9.17) is 18.1 Å². The maximum absolute atomic E-state index is 10.5. The molecule has 2 aromatic rings. The second-order valence-electron chi connectivity index (χ2n) is 2.89. The molecule has 0 aliphatic carbocycles. The van der Waals surface area contributed by atoms with Crippen molar-refractivity contribution in [1.82, 2.24) is 0 Å². The van der Waals surface area contributed by atoms with Crippen molar-refractivity contribution in [3.63, 3.8) is 0 Å². The number of hydrogen-bond donors (Lipinski definition) is 0. The van der Waals surface area contributed by atoms with Crippen molar-refractivity contribution in [1.29, 1.82) is 0 Å². The van der Waals surface area contributed by atoms with E-state index in [0.717, 1.165) is 7.69 Å². The fourth-order valence-corrected chi connectivity index (χ4v) is 1.09. The Morgan fingerprint density at radius 3 is 1.82 bits per heavy atom. The lowest BCUT2D eigenvalue weighted by Crippen LogP contribution is -2.11. The average molecular weight is 233 g/mol. The van der Waals surface area contributed by atoms with Crippen molar-refractivity contribution in [3.8, 4) is 11.9 Å². The first-order valence-corrected chi connectivity index (χ1v) is 4.55. The first-order valence-electron chi connectivity index (χ1n) is 4.55. The van der Waals surface area contributed by atoms with E-state index in [1.807, 2.05) is 0 Å². The molecule has 0 aliphatic heterocycles. The van der Waals surface area contributed by atoms with Gasteiger partial charge in [0, 0.05) is 0 Å². The zero-order valence-electron chi connectivity index (χ0n) is 8.49. The molecule has 2 heterocycles. The van der Waals surface area contributed by atoms with Gasteiger partial charge in [-0.15, -0.1) is 0 Å². The highest BCUT2D eigenvalue weighted by Gasteiger charge is 2.12. The van der Waals surface area contributed by atoms with Crippen LogP contribution in [0, 0.1) is 0 Å². The second kappa shape index (κ2) is 5.06. The largest absolute Gasteiger partial charge is 0.662 e. The van der Waals surface area contributed by atoms with E-state index in [0.29, 0.717) is 12.6 Å². The molecule has 2 aromatic heterocycles. The van der Waals surface area contributed by atoms with Crippen LogP contribution in [0.4, 0.5) is 0 Å². The summed E-state index contributed by atoms with van der Waals surface area (Å²) < 4.78 is 19.6. The van der Waals surface area contributed by atoms with Crippen molar-refractivity contribution >= 4 is 20.3 Å². The number of hydrogen-bond acceptors (Lipinski definition) is 6. The summed E-state index contributed by atoms with van der Waals surface area (Å²) >= 11 is 0. The highest BCUT2D eigenvalue weighted by atomic mass is 16.7. The molecule has 0 aromatic carbocycles. The van der Waals surface area contributed by atoms with Crippen LogP contribution in [0.25, 0.3) is 0 Å². The summed E-state index contributed by atoms with van der Waals surface area (Å²) in [4.78, 5) is 21.0. The number of rotatable bonds is 6. The molecule has 0 aliphatic rings. The molecule has 85 valence electrons. The number of furan rings is 2. The number of aldehydes is 2. The molecule has 0 saturated heterocycles. The molecule has 0 unspecified atom stereocenters. The third-order valence-electron chi connectivity index (χ3n) is 1.88. The summed E-state index contributed by atoms with van der Waals surface area (Å²) in [6.07, 6.45) is 3.76. The van der Waals surface area contributed by atoms with Crippen LogP contribution in [0.3, 0.4) is 0 Å². The molecular formula is C10H6BO6. The smallest absolute Gasteiger partial charge is 0.499 e. The molecule has 7 heteroatoms. The molecule has 0 amide bonds. The van der Waals surface area contributed by atoms with Gasteiger partial charge < -0.3 is 18.1 Å². The van der Waals surface area contributed by atoms with Crippen LogP contribution in [0.15, 0.2) is 33.5 Å². The van der Waals surface area contributed by atoms with Crippen molar-refractivity contribution in [3.05, 3.63) is 35.8 Å². The lowest BCUT2D eigenvalue weighted by molar-refractivity contribution is 0.111. The monoisotopic (exact) mass is 233 g/mol. The van der Waals surface area contributed by atoms with Gasteiger partial charge in [0.05, 0.1) is 23.7 Å². The van der Waals surface area contributed by atoms with E-state index >= 15 is 0 Å². The van der Waals surface area contributed by atoms with E-state index in [-0.39, 0.29) is 23.0 Å². The molecular weight excluding hydrogens is 227 g/mol. The van der Waals surface area contributed by atoms with Crippen LogP contribution < -0.4 is 9.31 Å². The van der Waals surface area contributed by atoms with Gasteiger partial charge in [0.1, 0.15) is 0 Å². The van der Waals surface area contributed by atoms with Crippen LogP contribution >= 0.6 is 0 Å². The summed E-state index contributed by atoms with van der Waals surface area (Å²) in [5.74, 6) is -0.00146. The highest BCUT2D eigenvalue weighted by molar-refractivity contribution is 6.20. The summed E-state index contributed by atoms with van der Waals surface area (Å²) in [5.41, 5.74) is 0.500. The van der Waals surface area contributed by atoms with Gasteiger partial charge in [-0.25, -0.2) is 0 Å². The van der Waals surface area contributed by atoms with E-state index in [1.165, 1.54) is 24.7 Å². The Morgan fingerprint density at radius 1 is 0.941 bits per heavy atom. The van der Waals surface area contributed by atoms with Gasteiger partial charge in [-0.3, -0.25) is 9.59 Å². The summed E-state index contributed by atoms with van der Waals surface area (Å²) in [6, 6.07) is 2.89. The Morgan fingerprint density at radius 2 is 1.41 bits per heavy atom. The van der Waals surface area contributed by atoms with E-state index in [9.17, 15) is 9.59 Å². The molecule has 0 atom stereocenters. The standard InChI is InChI=1S/C10H6BO6/c12-5-7-1-3-14-9(7)16-11-17-10-8(6-13)2-4-15-10/h1-6H. The molecule has 0 saturated carbocycles. The molecule has 0 bridgehead atoms. The van der Waals surface area contributed by atoms with Crippen molar-refractivity contribution in [2.24, 2.45) is 0 Å². The predicted octanol–water partition coefficient (Wildman–Crippen LogP) is 1.49. The van der Waals surface area contributed by atoms with Gasteiger partial charge in [0.15, 0.2) is 12.6 Å². The second-order valence-corrected chi connectivity index (χ2v) is 2.89. The van der Waals surface area contributed by atoms with Crippen molar-refractivity contribution in [2.75, 3.05) is 0 Å². The maximum Gasteiger partial charge on any atom is 0.662 e. The Kier molecular flexibility index (Phi) is 3.30. The molecule has 1 radical (unpaired) electrons. The predicted molar refractivity (Wildman–Crippen MR) is 55.2 cm³/mol. The minimum Gasteiger partial charge on any atom is -0.499 e. The molecule has 6 nitrogen and oxygen atoms in total. The first kappa shape index (κ1) is 11.1. The van der Waals surface area contributed by atoms with Gasteiger partial charge in [-0.2, -0.15) is 0 Å². The Labute approximate surface area is 96.4 Å². The average Bonchev–Trinajstić information content (AvgIpc) is 2.97. The van der Waals surface area contributed by atoms with E-state index in [1.54, 1.807) is 0 Å². The fourth-order valence-electron chi connectivity index (χ4n) is 1.09. The van der Waals surface area contributed by atoms with Crippen LogP contribution in [-0.4, -0.2) is 20.3 Å². The maximum atomic E-state index is 10.5. The number of carbonyl (C=O) groups excluding carboxylic acids is 2. The fraction of sp³-hybridized carbons (Fsp3) is 0. The first-order chi connectivity index (χ1) is 8.35. The zero-order chi connectivity index (χ0) is 12.1. The van der Waals surface area contributed by atoms with Gasteiger partial charge in [-0.05, 0) is 12.1 Å². The minimum atomic E-state index is -0.000732. The third-order valence-corrected chi connectivity index (χ3v) is 1.88. The Balaban J connectivity index is 1.92. The number of carbonyl (C=O) groups is 2. The Bertz CT molecular complexity index is 468. The topological polar surface area (TPSA) is 78.9 Å². The Hall–Kier alpha value is -2.44. The summed E-state index contributed by atoms with van der Waals surface area (Å²) in [5, 5.41) is 0. The van der Waals surface area contributed by atoms with Crippen LogP contribution in [0.1, 0.15) is 20.7 Å². The van der Waals surface area contributed by atoms with E-state index in [2.05, 4.69) is 0 Å². The lowest BCUT2D eigenvalue weighted by Gasteiger charge is -2.01. The van der Waals surface area contributed by atoms with Crippen LogP contribution in [-0.2, 0) is 0 Å². The molecule has 0 fully saturated rings. The normalized spacial score (nSPS) is 9.65. The quantitative estimate of drug-likeness (QED) is 0.555.